The van der Waals surface area contributed by atoms with E-state index in [1.54, 1.807) is 0 Å². The molecule has 0 unspecified atom stereocenters. The van der Waals surface area contributed by atoms with E-state index in [1.807, 2.05) is 13.8 Å². The highest BCUT2D eigenvalue weighted by atomic mass is 16.5. The summed E-state index contributed by atoms with van der Waals surface area (Å²) in [6.45, 7) is 4.88. The molecule has 1 aliphatic carbocycles. The minimum absolute atomic E-state index is 0.624. The largest absolute Gasteiger partial charge is 0.361 e. The van der Waals surface area contributed by atoms with Crippen LogP contribution in [0.15, 0.2) is 34.9 Å². The fourth-order valence-corrected chi connectivity index (χ4v) is 3.36. The van der Waals surface area contributed by atoms with Crippen molar-refractivity contribution in [2.24, 2.45) is 0 Å². The SMILES string of the molecule is Cc1noc(C)c1CNC1CCC(c2ccccc2)CC1. The van der Waals surface area contributed by atoms with E-state index in [0.717, 1.165) is 23.9 Å². The second-order valence-corrected chi connectivity index (χ2v) is 6.14. The third-order valence-corrected chi connectivity index (χ3v) is 4.75. The van der Waals surface area contributed by atoms with Gasteiger partial charge in [0.2, 0.25) is 0 Å². The number of hydrogen-bond acceptors (Lipinski definition) is 3. The van der Waals surface area contributed by atoms with Crippen molar-refractivity contribution < 1.29 is 4.52 Å². The monoisotopic (exact) mass is 284 g/mol. The maximum atomic E-state index is 5.22. The van der Waals surface area contributed by atoms with E-state index in [9.17, 15) is 0 Å². The number of aryl methyl sites for hydroxylation is 2. The minimum atomic E-state index is 0.624. The molecule has 1 N–H and O–H groups in total. The van der Waals surface area contributed by atoms with Gasteiger partial charge >= 0.3 is 0 Å². The van der Waals surface area contributed by atoms with E-state index in [1.165, 1.54) is 36.8 Å². The predicted octanol–water partition coefficient (Wildman–Crippen LogP) is 4.11. The van der Waals surface area contributed by atoms with Crippen molar-refractivity contribution in [2.45, 2.75) is 58.0 Å². The molecule has 0 spiro atoms. The normalized spacial score (nSPS) is 22.4. The number of hydrogen-bond donors (Lipinski definition) is 1. The topological polar surface area (TPSA) is 38.1 Å². The zero-order valence-electron chi connectivity index (χ0n) is 12.9. The van der Waals surface area contributed by atoms with E-state index >= 15 is 0 Å². The van der Waals surface area contributed by atoms with Crippen molar-refractivity contribution in [3.8, 4) is 0 Å². The van der Waals surface area contributed by atoms with E-state index in [4.69, 9.17) is 4.52 Å². The Morgan fingerprint density at radius 3 is 2.43 bits per heavy atom. The Morgan fingerprint density at radius 2 is 1.81 bits per heavy atom. The smallest absolute Gasteiger partial charge is 0.138 e. The van der Waals surface area contributed by atoms with Gasteiger partial charge in [-0.25, -0.2) is 0 Å². The number of rotatable bonds is 4. The maximum absolute atomic E-state index is 5.22. The summed E-state index contributed by atoms with van der Waals surface area (Å²) in [6, 6.07) is 11.6. The zero-order valence-corrected chi connectivity index (χ0v) is 12.9. The van der Waals surface area contributed by atoms with Crippen molar-refractivity contribution in [3.05, 3.63) is 52.9 Å². The summed E-state index contributed by atoms with van der Waals surface area (Å²) in [6.07, 6.45) is 5.07. The standard InChI is InChI=1S/C18H24N2O/c1-13-18(14(2)21-20-13)12-19-17-10-8-16(9-11-17)15-6-4-3-5-7-15/h3-7,16-17,19H,8-12H2,1-2H3. The molecule has 1 saturated carbocycles. The molecule has 0 radical (unpaired) electrons. The van der Waals surface area contributed by atoms with Gasteiger partial charge in [-0.2, -0.15) is 0 Å². The van der Waals surface area contributed by atoms with Crippen LogP contribution in [0.2, 0.25) is 0 Å². The molecule has 21 heavy (non-hydrogen) atoms. The molecule has 2 aromatic rings. The minimum Gasteiger partial charge on any atom is -0.361 e. The van der Waals surface area contributed by atoms with Crippen LogP contribution in [-0.4, -0.2) is 11.2 Å². The maximum Gasteiger partial charge on any atom is 0.138 e. The molecule has 0 atom stereocenters. The molecule has 112 valence electrons. The Morgan fingerprint density at radius 1 is 1.10 bits per heavy atom. The van der Waals surface area contributed by atoms with Crippen LogP contribution >= 0.6 is 0 Å². The van der Waals surface area contributed by atoms with Crippen molar-refractivity contribution in [3.63, 3.8) is 0 Å². The third kappa shape index (κ3) is 3.35. The fraction of sp³-hybridized carbons (Fsp3) is 0.500. The van der Waals surface area contributed by atoms with Gasteiger partial charge in [0.05, 0.1) is 5.69 Å². The molecule has 0 aliphatic heterocycles. The van der Waals surface area contributed by atoms with Gasteiger partial charge in [-0.05, 0) is 51.0 Å². The van der Waals surface area contributed by atoms with E-state index in [2.05, 4.69) is 40.8 Å². The third-order valence-electron chi connectivity index (χ3n) is 4.75. The van der Waals surface area contributed by atoms with Gasteiger partial charge in [-0.15, -0.1) is 0 Å². The summed E-state index contributed by atoms with van der Waals surface area (Å²) in [5.74, 6) is 1.68. The van der Waals surface area contributed by atoms with Crippen molar-refractivity contribution in [1.82, 2.24) is 10.5 Å². The average Bonchev–Trinajstić information content (AvgIpc) is 2.85. The molecule has 1 aliphatic rings. The van der Waals surface area contributed by atoms with Crippen LogP contribution in [0.4, 0.5) is 0 Å². The number of nitrogens with zero attached hydrogens (tertiary/aromatic N) is 1. The van der Waals surface area contributed by atoms with Crippen LogP contribution in [0.3, 0.4) is 0 Å². The zero-order chi connectivity index (χ0) is 14.7. The first-order chi connectivity index (χ1) is 10.2. The Balaban J connectivity index is 1.50. The van der Waals surface area contributed by atoms with Crippen molar-refractivity contribution in [2.75, 3.05) is 0 Å². The highest BCUT2D eigenvalue weighted by Gasteiger charge is 2.22. The lowest BCUT2D eigenvalue weighted by molar-refractivity contribution is 0.340. The van der Waals surface area contributed by atoms with Crippen molar-refractivity contribution >= 4 is 0 Å². The first-order valence-electron chi connectivity index (χ1n) is 7.94. The Kier molecular flexibility index (Phi) is 4.39. The van der Waals surface area contributed by atoms with Gasteiger partial charge in [-0.1, -0.05) is 35.5 Å². The molecular weight excluding hydrogens is 260 g/mol. The summed E-state index contributed by atoms with van der Waals surface area (Å²) in [5.41, 5.74) is 3.74. The van der Waals surface area contributed by atoms with Crippen LogP contribution in [0.1, 0.15) is 54.2 Å². The summed E-state index contributed by atoms with van der Waals surface area (Å²) in [4.78, 5) is 0. The van der Waals surface area contributed by atoms with Gasteiger partial charge in [0, 0.05) is 18.2 Å². The molecule has 1 heterocycles. The highest BCUT2D eigenvalue weighted by molar-refractivity contribution is 5.21. The second-order valence-electron chi connectivity index (χ2n) is 6.14. The second kappa shape index (κ2) is 6.44. The fourth-order valence-electron chi connectivity index (χ4n) is 3.36. The first kappa shape index (κ1) is 14.3. The van der Waals surface area contributed by atoms with E-state index < -0.39 is 0 Å². The molecule has 1 aromatic carbocycles. The first-order valence-corrected chi connectivity index (χ1v) is 7.94. The molecule has 0 amide bonds. The Labute approximate surface area is 126 Å². The summed E-state index contributed by atoms with van der Waals surface area (Å²) in [5, 5.41) is 7.69. The Bertz CT molecular complexity index is 549. The molecule has 0 saturated heterocycles. The van der Waals surface area contributed by atoms with E-state index in [-0.39, 0.29) is 0 Å². The summed E-state index contributed by atoms with van der Waals surface area (Å²) < 4.78 is 5.22. The van der Waals surface area contributed by atoms with Gasteiger partial charge in [0.25, 0.3) is 0 Å². The van der Waals surface area contributed by atoms with Gasteiger partial charge in [-0.3, -0.25) is 0 Å². The number of benzene rings is 1. The molecule has 1 aromatic heterocycles. The molecular formula is C18H24N2O. The van der Waals surface area contributed by atoms with E-state index in [0.29, 0.717) is 6.04 Å². The molecule has 3 heteroatoms. The molecule has 0 bridgehead atoms. The van der Waals surface area contributed by atoms with Crippen LogP contribution in [0, 0.1) is 13.8 Å². The van der Waals surface area contributed by atoms with Gasteiger partial charge < -0.3 is 9.84 Å². The lowest BCUT2D eigenvalue weighted by Crippen LogP contribution is -2.32. The average molecular weight is 284 g/mol. The molecule has 3 nitrogen and oxygen atoms in total. The summed E-state index contributed by atoms with van der Waals surface area (Å²) >= 11 is 0. The number of aromatic nitrogens is 1. The van der Waals surface area contributed by atoms with Crippen LogP contribution in [-0.2, 0) is 6.54 Å². The lowest BCUT2D eigenvalue weighted by Gasteiger charge is -2.29. The number of nitrogens with one attached hydrogen (secondary N) is 1. The summed E-state index contributed by atoms with van der Waals surface area (Å²) in [7, 11) is 0. The Hall–Kier alpha value is -1.61. The van der Waals surface area contributed by atoms with Crippen LogP contribution in [0.25, 0.3) is 0 Å². The molecule has 1 fully saturated rings. The van der Waals surface area contributed by atoms with Crippen molar-refractivity contribution in [1.29, 1.82) is 0 Å². The van der Waals surface area contributed by atoms with Crippen LogP contribution < -0.4 is 5.32 Å². The van der Waals surface area contributed by atoms with Crippen LogP contribution in [0.5, 0.6) is 0 Å². The van der Waals surface area contributed by atoms with Gasteiger partial charge in [0.15, 0.2) is 0 Å². The lowest BCUT2D eigenvalue weighted by atomic mass is 9.82. The predicted molar refractivity (Wildman–Crippen MR) is 84.3 cm³/mol. The van der Waals surface area contributed by atoms with Gasteiger partial charge in [0.1, 0.15) is 5.76 Å². The molecule has 3 rings (SSSR count). The quantitative estimate of drug-likeness (QED) is 0.918. The highest BCUT2D eigenvalue weighted by Crippen LogP contribution is 2.32.